The number of phenols is 2. The van der Waals surface area contributed by atoms with Gasteiger partial charge >= 0.3 is 29.8 Å². The number of rotatable bonds is 23. The molecular weight excluding hydrogens is 981 g/mol. The van der Waals surface area contributed by atoms with Gasteiger partial charge in [0.25, 0.3) is 5.91 Å². The third kappa shape index (κ3) is 17.4. The van der Waals surface area contributed by atoms with Crippen molar-refractivity contribution in [3.63, 3.8) is 0 Å². The Morgan fingerprint density at radius 3 is 1.71 bits per heavy atom. The van der Waals surface area contributed by atoms with E-state index in [1.807, 2.05) is 38.1 Å². The van der Waals surface area contributed by atoms with Crippen molar-refractivity contribution in [3.8, 4) is 28.6 Å². The van der Waals surface area contributed by atoms with E-state index in [2.05, 4.69) is 20.8 Å². The molecular formula is C50H70N10O15. The number of benzene rings is 2. The first-order valence-corrected chi connectivity index (χ1v) is 25.1. The Hall–Kier alpha value is -7.22. The van der Waals surface area contributed by atoms with Crippen LogP contribution in [0.5, 0.6) is 11.5 Å². The molecule has 410 valence electrons. The molecule has 2 aliphatic rings. The quantitative estimate of drug-likeness (QED) is 0.0641. The molecule has 0 saturated carbocycles. The molecule has 3 aromatic rings. The molecule has 0 aliphatic carbocycles. The zero-order valence-corrected chi connectivity index (χ0v) is 42.6. The Morgan fingerprint density at radius 2 is 1.21 bits per heavy atom. The molecule has 2 aromatic carbocycles. The molecule has 2 aliphatic heterocycles. The van der Waals surface area contributed by atoms with Crippen LogP contribution in [0.15, 0.2) is 36.4 Å². The van der Waals surface area contributed by atoms with Crippen molar-refractivity contribution in [2.45, 2.75) is 83.7 Å². The number of nitrogens with one attached hydrogen (secondary N) is 2. The maximum atomic E-state index is 13.4. The summed E-state index contributed by atoms with van der Waals surface area (Å²) in [6, 6.07) is 7.62. The third-order valence-electron chi connectivity index (χ3n) is 13.5. The number of carbonyl (C=O) groups excluding carboxylic acids is 3. The largest absolute Gasteiger partial charge is 0.508 e. The zero-order chi connectivity index (χ0) is 54.9. The number of amides is 3. The zero-order valence-electron chi connectivity index (χ0n) is 42.6. The molecule has 9 N–H and O–H groups in total. The number of hydrogen-bond acceptors (Lipinski definition) is 16. The van der Waals surface area contributed by atoms with Crippen LogP contribution in [0, 0.1) is 5.92 Å². The van der Waals surface area contributed by atoms with Crippen LogP contribution in [0.25, 0.3) is 17.1 Å². The van der Waals surface area contributed by atoms with Crippen LogP contribution in [0.2, 0.25) is 0 Å². The first-order chi connectivity index (χ1) is 35.6. The molecule has 0 spiro atoms. The van der Waals surface area contributed by atoms with Crippen LogP contribution in [0.1, 0.15) is 87.0 Å². The van der Waals surface area contributed by atoms with Crippen molar-refractivity contribution < 1.29 is 74.1 Å². The molecule has 5 rings (SSSR count). The minimum Gasteiger partial charge on any atom is -0.508 e. The Bertz CT molecular complexity index is 2460. The average Bonchev–Trinajstić information content (AvgIpc) is 3.78. The number of piperidine rings is 1. The Balaban J connectivity index is 1.15. The normalized spacial score (nSPS) is 16.8. The molecule has 0 radical (unpaired) electrons. The van der Waals surface area contributed by atoms with Gasteiger partial charge in [-0.25, -0.2) is 4.79 Å². The summed E-state index contributed by atoms with van der Waals surface area (Å²) in [5.74, 6) is -7.55. The fourth-order valence-corrected chi connectivity index (χ4v) is 9.42. The number of carboxylic acids is 5. The summed E-state index contributed by atoms with van der Waals surface area (Å²) in [6.07, 6.45) is 0.951. The standard InChI is InChI=1S/C50H70N10O15/c1-4-51-48(71)47-54-53-46(36-26-35(31(2)3)39(61)27-40(36)62)60(47)34-7-5-32(6-8-34)25-33-13-15-59(16-14-33)42(64)12-9-37(49(72)73)52-41(63)11-10-38(50(74)75)58-23-21-56(29-44(67)68)19-17-55(28-43(65)66)18-20-57(22-24-58)30-45(69)70/h5-8,26-27,31,33,37-38,61-62H,4,9-25,28-30H2,1-3H3,(H,51,71)(H,52,63)(H,65,66)(H,67,68)(H,69,70)(H,72,73)(H,74,75)/t37-,38+/m0/s1. The minimum atomic E-state index is -1.45. The lowest BCUT2D eigenvalue weighted by atomic mass is 9.90. The molecule has 0 unspecified atom stereocenters. The number of aromatic hydroxyl groups is 2. The Labute approximate surface area is 433 Å². The van der Waals surface area contributed by atoms with Crippen LogP contribution in [-0.2, 0) is 40.0 Å². The van der Waals surface area contributed by atoms with E-state index < -0.39 is 73.3 Å². The number of likely N-dealkylation sites (tertiary alicyclic amines) is 1. The fourth-order valence-electron chi connectivity index (χ4n) is 9.42. The average molecular weight is 1050 g/mol. The molecule has 3 heterocycles. The van der Waals surface area contributed by atoms with Crippen LogP contribution in [0.3, 0.4) is 0 Å². The molecule has 2 atom stereocenters. The van der Waals surface area contributed by atoms with Crippen molar-refractivity contribution >= 4 is 47.6 Å². The second-order valence-corrected chi connectivity index (χ2v) is 19.3. The van der Waals surface area contributed by atoms with E-state index in [9.17, 15) is 74.1 Å². The van der Waals surface area contributed by atoms with Gasteiger partial charge in [-0.1, -0.05) is 26.0 Å². The second kappa shape index (κ2) is 27.9. The highest BCUT2D eigenvalue weighted by Crippen LogP contribution is 2.38. The van der Waals surface area contributed by atoms with Crippen molar-refractivity contribution in [2.24, 2.45) is 5.92 Å². The van der Waals surface area contributed by atoms with Gasteiger partial charge in [-0.05, 0) is 80.2 Å². The van der Waals surface area contributed by atoms with Crippen molar-refractivity contribution in [1.29, 1.82) is 0 Å². The Kier molecular flexibility index (Phi) is 21.8. The van der Waals surface area contributed by atoms with E-state index in [0.717, 1.165) is 5.56 Å². The van der Waals surface area contributed by atoms with E-state index in [1.165, 1.54) is 20.8 Å². The fraction of sp³-hybridized carbons (Fsp3) is 0.560. The van der Waals surface area contributed by atoms with Crippen LogP contribution in [0.4, 0.5) is 0 Å². The maximum Gasteiger partial charge on any atom is 0.326 e. The number of carboxylic acid groups (broad SMARTS) is 5. The van der Waals surface area contributed by atoms with Crippen molar-refractivity contribution in [1.82, 2.24) is 49.9 Å². The lowest BCUT2D eigenvalue weighted by molar-refractivity contribution is -0.146. The number of hydrogen-bond donors (Lipinski definition) is 9. The predicted octanol–water partition coefficient (Wildman–Crippen LogP) is 1.06. The van der Waals surface area contributed by atoms with Gasteiger partial charge in [-0.3, -0.25) is 57.7 Å². The third-order valence-corrected chi connectivity index (χ3v) is 13.5. The predicted molar refractivity (Wildman–Crippen MR) is 268 cm³/mol. The van der Waals surface area contributed by atoms with Crippen LogP contribution in [-0.4, -0.2) is 226 Å². The molecule has 25 heteroatoms. The molecule has 1 aromatic heterocycles. The highest BCUT2D eigenvalue weighted by atomic mass is 16.4. The van der Waals surface area contributed by atoms with E-state index in [4.69, 9.17) is 0 Å². The van der Waals surface area contributed by atoms with Gasteiger partial charge in [0.15, 0.2) is 5.82 Å². The van der Waals surface area contributed by atoms with Gasteiger partial charge < -0.3 is 51.3 Å². The van der Waals surface area contributed by atoms with Gasteiger partial charge in [0, 0.05) is 96.6 Å². The summed E-state index contributed by atoms with van der Waals surface area (Å²) in [4.78, 5) is 107. The van der Waals surface area contributed by atoms with Gasteiger partial charge in [-0.15, -0.1) is 10.2 Å². The highest BCUT2D eigenvalue weighted by molar-refractivity contribution is 5.92. The molecule has 0 bridgehead atoms. The summed E-state index contributed by atoms with van der Waals surface area (Å²) in [5, 5.41) is 83.8. The molecule has 3 amide bonds. The number of aromatic nitrogens is 3. The molecule has 2 fully saturated rings. The SMILES string of the molecule is CCNC(=O)c1nnc(-c2cc(C(C)C)c(O)cc2O)n1-c1ccc(CC2CCN(C(=O)CC[C@H](NC(=O)CC[C@H](C(=O)O)N3CCN(CC(=O)O)CCN(CC(=O)O)CCN(CC(=O)O)CC3)C(=O)O)CC2)cc1. The number of phenolic OH excluding ortho intramolecular Hbond substituents is 2. The number of aliphatic carboxylic acids is 5. The topological polar surface area (TPSA) is 349 Å². The van der Waals surface area contributed by atoms with Crippen molar-refractivity contribution in [2.75, 3.05) is 91.6 Å². The lowest BCUT2D eigenvalue weighted by Crippen LogP contribution is -2.52. The smallest absolute Gasteiger partial charge is 0.326 e. The van der Waals surface area contributed by atoms with Crippen LogP contribution < -0.4 is 10.6 Å². The summed E-state index contributed by atoms with van der Waals surface area (Å²) in [7, 11) is 0. The van der Waals surface area contributed by atoms with Gasteiger partial charge in [0.2, 0.25) is 17.6 Å². The van der Waals surface area contributed by atoms with Gasteiger partial charge in [0.1, 0.15) is 23.6 Å². The molecule has 75 heavy (non-hydrogen) atoms. The molecule has 2 saturated heterocycles. The first-order valence-electron chi connectivity index (χ1n) is 25.1. The van der Waals surface area contributed by atoms with Crippen LogP contribution >= 0.6 is 0 Å². The van der Waals surface area contributed by atoms with E-state index in [1.54, 1.807) is 27.4 Å². The monoisotopic (exact) mass is 1050 g/mol. The summed E-state index contributed by atoms with van der Waals surface area (Å²) < 4.78 is 1.55. The summed E-state index contributed by atoms with van der Waals surface area (Å²) >= 11 is 0. The van der Waals surface area contributed by atoms with E-state index >= 15 is 0 Å². The maximum absolute atomic E-state index is 13.4. The van der Waals surface area contributed by atoms with Gasteiger partial charge in [0.05, 0.1) is 25.2 Å². The number of nitrogens with zero attached hydrogens (tertiary/aromatic N) is 8. The minimum absolute atomic E-state index is 0.000495. The summed E-state index contributed by atoms with van der Waals surface area (Å²) in [5.41, 5.74) is 2.43. The molecule has 25 nitrogen and oxygen atoms in total. The second-order valence-electron chi connectivity index (χ2n) is 19.3. The summed E-state index contributed by atoms with van der Waals surface area (Å²) in [6.45, 7) is 6.24. The van der Waals surface area contributed by atoms with Crippen molar-refractivity contribution in [3.05, 3.63) is 53.3 Å². The number of carbonyl (C=O) groups is 8. The van der Waals surface area contributed by atoms with E-state index in [0.29, 0.717) is 50.1 Å². The first kappa shape index (κ1) is 58.7. The van der Waals surface area contributed by atoms with Gasteiger partial charge in [-0.2, -0.15) is 0 Å². The lowest BCUT2D eigenvalue weighted by Gasteiger charge is -2.35. The van der Waals surface area contributed by atoms with E-state index in [-0.39, 0.29) is 125 Å². The Morgan fingerprint density at radius 1 is 0.667 bits per heavy atom. The highest BCUT2D eigenvalue weighted by Gasteiger charge is 2.31.